The third-order valence-corrected chi connectivity index (χ3v) is 9.35. The summed E-state index contributed by atoms with van der Waals surface area (Å²) >= 11 is 4.97. The van der Waals surface area contributed by atoms with E-state index in [-0.39, 0.29) is 5.25 Å². The van der Waals surface area contributed by atoms with Crippen molar-refractivity contribution < 1.29 is 13.2 Å². The van der Waals surface area contributed by atoms with Crippen LogP contribution >= 0.6 is 27.3 Å². The van der Waals surface area contributed by atoms with Crippen LogP contribution in [0.2, 0.25) is 0 Å². The Balaban J connectivity index is 1.45. The van der Waals surface area contributed by atoms with Crippen molar-refractivity contribution in [1.29, 1.82) is 0 Å². The summed E-state index contributed by atoms with van der Waals surface area (Å²) in [6, 6.07) is 14.9. The number of hydrogen-bond donors (Lipinski definition) is 0. The summed E-state index contributed by atoms with van der Waals surface area (Å²) in [6.45, 7) is 1.37. The van der Waals surface area contributed by atoms with Gasteiger partial charge < -0.3 is 9.64 Å². The molecule has 2 aromatic carbocycles. The summed E-state index contributed by atoms with van der Waals surface area (Å²) in [4.78, 5) is 7.33. The largest absolute Gasteiger partial charge is 0.497 e. The molecule has 0 amide bonds. The number of anilines is 1. The molecule has 1 fully saturated rings. The van der Waals surface area contributed by atoms with E-state index in [0.717, 1.165) is 22.1 Å². The van der Waals surface area contributed by atoms with Gasteiger partial charge in [0.25, 0.3) is 0 Å². The Bertz CT molecular complexity index is 1090. The van der Waals surface area contributed by atoms with Crippen LogP contribution in [0.4, 0.5) is 5.13 Å². The van der Waals surface area contributed by atoms with E-state index in [0.29, 0.717) is 35.3 Å². The molecule has 0 unspecified atom stereocenters. The van der Waals surface area contributed by atoms with Crippen LogP contribution in [0.1, 0.15) is 12.8 Å². The number of halogens is 1. The third-order valence-electron chi connectivity index (χ3n) is 5.17. The zero-order chi connectivity index (χ0) is 20.4. The predicted molar refractivity (Wildman–Crippen MR) is 121 cm³/mol. The molecule has 1 aliphatic heterocycles. The van der Waals surface area contributed by atoms with Gasteiger partial charge in [-0.2, -0.15) is 0 Å². The molecule has 0 bridgehead atoms. The summed E-state index contributed by atoms with van der Waals surface area (Å²) < 4.78 is 31.9. The minimum absolute atomic E-state index is 0.363. The Morgan fingerprint density at radius 3 is 2.45 bits per heavy atom. The number of nitrogens with zero attached hydrogens (tertiary/aromatic N) is 2. The molecule has 152 valence electrons. The van der Waals surface area contributed by atoms with Gasteiger partial charge in [0.1, 0.15) is 5.75 Å². The molecular weight excluding hydrogens is 472 g/mol. The molecule has 0 saturated carbocycles. The lowest BCUT2D eigenvalue weighted by Crippen LogP contribution is -2.39. The number of ether oxygens (including phenoxy) is 1. The summed E-state index contributed by atoms with van der Waals surface area (Å²) in [7, 11) is -1.70. The van der Waals surface area contributed by atoms with Gasteiger partial charge in [-0.05, 0) is 65.2 Å². The van der Waals surface area contributed by atoms with Crippen LogP contribution in [-0.4, -0.2) is 38.9 Å². The average molecular weight is 493 g/mol. The first kappa shape index (κ1) is 20.4. The van der Waals surface area contributed by atoms with Crippen molar-refractivity contribution >= 4 is 42.2 Å². The van der Waals surface area contributed by atoms with E-state index >= 15 is 0 Å². The van der Waals surface area contributed by atoms with Crippen LogP contribution in [-0.2, 0) is 9.84 Å². The van der Waals surface area contributed by atoms with Crippen LogP contribution < -0.4 is 9.64 Å². The maximum absolute atomic E-state index is 13.0. The van der Waals surface area contributed by atoms with Crippen LogP contribution in [0.15, 0.2) is 63.3 Å². The monoisotopic (exact) mass is 492 g/mol. The maximum Gasteiger partial charge on any atom is 0.185 e. The van der Waals surface area contributed by atoms with E-state index in [4.69, 9.17) is 9.72 Å². The molecule has 3 aromatic rings. The lowest BCUT2D eigenvalue weighted by atomic mass is 10.1. The fourth-order valence-corrected chi connectivity index (χ4v) is 7.17. The molecule has 29 heavy (non-hydrogen) atoms. The van der Waals surface area contributed by atoms with Crippen molar-refractivity contribution in [3.05, 3.63) is 58.4 Å². The molecule has 0 spiro atoms. The second kappa shape index (κ2) is 8.45. The molecule has 0 N–H and O–H groups in total. The second-order valence-electron chi connectivity index (χ2n) is 6.91. The molecule has 1 aliphatic rings. The minimum Gasteiger partial charge on any atom is -0.497 e. The number of aromatic nitrogens is 1. The SMILES string of the molecule is COc1ccc(-c2csc(N3CCC(S(=O)(=O)c4ccccc4Br)CC3)n2)cc1. The number of hydrogen-bond acceptors (Lipinski definition) is 6. The van der Waals surface area contributed by atoms with Crippen LogP contribution in [0.3, 0.4) is 0 Å². The molecule has 4 rings (SSSR count). The van der Waals surface area contributed by atoms with E-state index in [1.54, 1.807) is 36.6 Å². The van der Waals surface area contributed by atoms with E-state index in [1.807, 2.05) is 35.7 Å². The van der Waals surface area contributed by atoms with E-state index in [2.05, 4.69) is 20.8 Å². The van der Waals surface area contributed by atoms with Gasteiger partial charge in [0.2, 0.25) is 0 Å². The molecule has 2 heterocycles. The Morgan fingerprint density at radius 2 is 1.79 bits per heavy atom. The van der Waals surface area contributed by atoms with Crippen molar-refractivity contribution in [2.45, 2.75) is 23.0 Å². The van der Waals surface area contributed by atoms with E-state index < -0.39 is 9.84 Å². The van der Waals surface area contributed by atoms with Gasteiger partial charge in [-0.1, -0.05) is 12.1 Å². The Kier molecular flexibility index (Phi) is 5.94. The lowest BCUT2D eigenvalue weighted by Gasteiger charge is -2.31. The van der Waals surface area contributed by atoms with Gasteiger partial charge in [-0.15, -0.1) is 11.3 Å². The molecule has 0 radical (unpaired) electrons. The minimum atomic E-state index is -3.35. The van der Waals surface area contributed by atoms with Gasteiger partial charge in [0.05, 0.1) is 22.9 Å². The van der Waals surface area contributed by atoms with E-state index in [9.17, 15) is 8.42 Å². The van der Waals surface area contributed by atoms with Gasteiger partial charge in [-0.3, -0.25) is 0 Å². The summed E-state index contributed by atoms with van der Waals surface area (Å²) in [6.07, 6.45) is 1.20. The standard InChI is InChI=1S/C21H21BrN2O3S2/c1-27-16-8-6-15(7-9-16)19-14-28-21(23-19)24-12-10-17(11-13-24)29(25,26)20-5-3-2-4-18(20)22/h2-9,14,17H,10-13H2,1H3. The topological polar surface area (TPSA) is 59.5 Å². The summed E-state index contributed by atoms with van der Waals surface area (Å²) in [5, 5.41) is 2.62. The molecular formula is C21H21BrN2O3S2. The van der Waals surface area contributed by atoms with Crippen molar-refractivity contribution in [3.63, 3.8) is 0 Å². The number of thiazole rings is 1. The Labute approximate surface area is 183 Å². The molecule has 0 aliphatic carbocycles. The lowest BCUT2D eigenvalue weighted by molar-refractivity contribution is 0.415. The van der Waals surface area contributed by atoms with Gasteiger partial charge in [-0.25, -0.2) is 13.4 Å². The van der Waals surface area contributed by atoms with Crippen LogP contribution in [0.5, 0.6) is 5.75 Å². The predicted octanol–water partition coefficient (Wildman–Crippen LogP) is 5.02. The fraction of sp³-hybridized carbons (Fsp3) is 0.286. The normalized spacial score (nSPS) is 15.4. The quantitative estimate of drug-likeness (QED) is 0.500. The first-order valence-corrected chi connectivity index (χ1v) is 12.5. The smallest absolute Gasteiger partial charge is 0.185 e. The maximum atomic E-state index is 13.0. The zero-order valence-electron chi connectivity index (χ0n) is 15.9. The molecule has 8 heteroatoms. The highest BCUT2D eigenvalue weighted by Crippen LogP contribution is 2.33. The second-order valence-corrected chi connectivity index (χ2v) is 10.8. The first-order chi connectivity index (χ1) is 14.0. The number of piperidine rings is 1. The number of benzene rings is 2. The number of rotatable bonds is 5. The Morgan fingerprint density at radius 1 is 1.10 bits per heavy atom. The molecule has 5 nitrogen and oxygen atoms in total. The highest BCUT2D eigenvalue weighted by Gasteiger charge is 2.33. The first-order valence-electron chi connectivity index (χ1n) is 9.32. The van der Waals surface area contributed by atoms with E-state index in [1.165, 1.54) is 0 Å². The summed E-state index contributed by atoms with van der Waals surface area (Å²) in [5.41, 5.74) is 1.97. The fourth-order valence-electron chi connectivity index (χ4n) is 3.52. The molecule has 1 aromatic heterocycles. The van der Waals surface area contributed by atoms with Gasteiger partial charge >= 0.3 is 0 Å². The zero-order valence-corrected chi connectivity index (χ0v) is 19.1. The highest BCUT2D eigenvalue weighted by atomic mass is 79.9. The van der Waals surface area contributed by atoms with Crippen molar-refractivity contribution in [1.82, 2.24) is 4.98 Å². The summed E-state index contributed by atoms with van der Waals surface area (Å²) in [5.74, 6) is 0.817. The number of sulfone groups is 1. The third kappa shape index (κ3) is 4.20. The average Bonchev–Trinajstić information content (AvgIpc) is 3.24. The number of methoxy groups -OCH3 is 1. The molecule has 1 saturated heterocycles. The highest BCUT2D eigenvalue weighted by molar-refractivity contribution is 9.10. The Hall–Kier alpha value is -1.90. The van der Waals surface area contributed by atoms with Gasteiger partial charge in [0, 0.05) is 28.5 Å². The van der Waals surface area contributed by atoms with Gasteiger partial charge in [0.15, 0.2) is 15.0 Å². The van der Waals surface area contributed by atoms with Crippen molar-refractivity contribution in [2.75, 3.05) is 25.1 Å². The van der Waals surface area contributed by atoms with Crippen molar-refractivity contribution in [3.8, 4) is 17.0 Å². The van der Waals surface area contributed by atoms with Crippen LogP contribution in [0, 0.1) is 0 Å². The van der Waals surface area contributed by atoms with Crippen molar-refractivity contribution in [2.24, 2.45) is 0 Å². The molecule has 0 atom stereocenters. The van der Waals surface area contributed by atoms with Crippen LogP contribution in [0.25, 0.3) is 11.3 Å².